The molecular weight excluding hydrogens is 331 g/mol. The largest absolute Gasteiger partial charge is 0.323 e. The van der Waals surface area contributed by atoms with Crippen LogP contribution < -0.4 is 5.32 Å². The maximum Gasteiger partial charge on any atom is 0.189 e. The number of aromatic amines is 1. The minimum absolute atomic E-state index is 0.406. The Kier molecular flexibility index (Phi) is 3.71. The first kappa shape index (κ1) is 14.5. The Balaban J connectivity index is 1.70. The molecule has 0 saturated heterocycles. The maximum atomic E-state index is 13.0. The van der Waals surface area contributed by atoms with Gasteiger partial charge in [-0.05, 0) is 36.0 Å². The molecule has 0 aliphatic heterocycles. The van der Waals surface area contributed by atoms with E-state index in [-0.39, 0.29) is 0 Å². The minimum atomic E-state index is -0.406. The molecule has 0 fully saturated rings. The number of hydrogen-bond donors (Lipinski definition) is 2. The van der Waals surface area contributed by atoms with Gasteiger partial charge in [-0.25, -0.2) is 29.3 Å². The summed E-state index contributed by atoms with van der Waals surface area (Å²) in [5, 5.41) is 10.9. The van der Waals surface area contributed by atoms with Crippen molar-refractivity contribution >= 4 is 34.4 Å². The Bertz CT molecular complexity index is 974. The molecule has 4 heterocycles. The van der Waals surface area contributed by atoms with Gasteiger partial charge < -0.3 is 5.32 Å². The normalized spacial score (nSPS) is 10.9. The fraction of sp³-hybridized carbons (Fsp3) is 0. The van der Waals surface area contributed by atoms with Crippen LogP contribution >= 0.6 is 11.8 Å². The average molecular weight is 340 g/mol. The summed E-state index contributed by atoms with van der Waals surface area (Å²) in [5.41, 5.74) is 1.25. The molecule has 0 spiro atoms. The van der Waals surface area contributed by atoms with Crippen LogP contribution in [0.2, 0.25) is 0 Å². The van der Waals surface area contributed by atoms with Gasteiger partial charge in [0.2, 0.25) is 0 Å². The van der Waals surface area contributed by atoms with E-state index in [1.165, 1.54) is 36.5 Å². The van der Waals surface area contributed by atoms with Crippen LogP contribution in [-0.2, 0) is 0 Å². The van der Waals surface area contributed by atoms with Crippen LogP contribution in [0, 0.1) is 5.82 Å². The van der Waals surface area contributed by atoms with Crippen LogP contribution in [0.25, 0.3) is 11.0 Å². The van der Waals surface area contributed by atoms with Crippen molar-refractivity contribution in [1.29, 1.82) is 0 Å². The molecule has 0 aliphatic carbocycles. The number of hydrogen-bond acceptors (Lipinski definition) is 8. The highest BCUT2D eigenvalue weighted by Gasteiger charge is 2.09. The Morgan fingerprint density at radius 3 is 2.75 bits per heavy atom. The van der Waals surface area contributed by atoms with E-state index in [1.807, 2.05) is 12.1 Å². The fourth-order valence-electron chi connectivity index (χ4n) is 1.98. The zero-order chi connectivity index (χ0) is 16.4. The summed E-state index contributed by atoms with van der Waals surface area (Å²) < 4.78 is 13.0. The van der Waals surface area contributed by atoms with Crippen LogP contribution in [0.3, 0.4) is 0 Å². The molecule has 0 aliphatic rings. The number of rotatable bonds is 4. The van der Waals surface area contributed by atoms with Gasteiger partial charge in [0.15, 0.2) is 11.0 Å². The molecule has 0 unspecified atom stereocenters. The lowest BCUT2D eigenvalue weighted by Crippen LogP contribution is -1.99. The monoisotopic (exact) mass is 340 g/mol. The second-order valence-corrected chi connectivity index (χ2v) is 5.63. The number of anilines is 2. The van der Waals surface area contributed by atoms with Crippen molar-refractivity contribution < 1.29 is 4.39 Å². The first-order valence-electron chi connectivity index (χ1n) is 6.81. The highest BCUT2D eigenvalue weighted by Crippen LogP contribution is 2.26. The number of fused-ring (bicyclic) bond motifs is 1. The Morgan fingerprint density at radius 2 is 1.96 bits per heavy atom. The highest BCUT2D eigenvalue weighted by atomic mass is 32.2. The van der Waals surface area contributed by atoms with Crippen molar-refractivity contribution in [1.82, 2.24) is 35.1 Å². The summed E-state index contributed by atoms with van der Waals surface area (Å²) in [5.74, 6) is 0.544. The van der Waals surface area contributed by atoms with Crippen molar-refractivity contribution in [2.24, 2.45) is 0 Å². The second-order valence-electron chi connectivity index (χ2n) is 4.62. The number of H-pyrrole nitrogens is 1. The van der Waals surface area contributed by atoms with Gasteiger partial charge in [-0.3, -0.25) is 5.10 Å². The van der Waals surface area contributed by atoms with Crippen molar-refractivity contribution in [3.05, 3.63) is 48.9 Å². The molecule has 24 heavy (non-hydrogen) atoms. The third kappa shape index (κ3) is 2.99. The second kappa shape index (κ2) is 6.16. The maximum absolute atomic E-state index is 13.0. The lowest BCUT2D eigenvalue weighted by Gasteiger charge is -2.07. The number of aromatic nitrogens is 7. The van der Waals surface area contributed by atoms with Gasteiger partial charge in [-0.1, -0.05) is 0 Å². The van der Waals surface area contributed by atoms with Crippen molar-refractivity contribution in [3.8, 4) is 0 Å². The smallest absolute Gasteiger partial charge is 0.189 e. The first-order valence-corrected chi connectivity index (χ1v) is 7.63. The SMILES string of the molecule is Fc1ccc(Nc2ncnc3ccc(Sc4ncn[nH]4)nc23)nc1. The van der Waals surface area contributed by atoms with Gasteiger partial charge in [-0.2, -0.15) is 5.10 Å². The molecule has 4 aromatic rings. The molecule has 8 nitrogen and oxygen atoms in total. The zero-order valence-electron chi connectivity index (χ0n) is 12.0. The van der Waals surface area contributed by atoms with Crippen LogP contribution in [0.5, 0.6) is 0 Å². The fourth-order valence-corrected chi connectivity index (χ4v) is 2.65. The average Bonchev–Trinajstić information content (AvgIpc) is 3.10. The molecule has 0 aromatic carbocycles. The van der Waals surface area contributed by atoms with Crippen LogP contribution in [0.15, 0.2) is 53.3 Å². The topological polar surface area (TPSA) is 105 Å². The van der Waals surface area contributed by atoms with Gasteiger partial charge in [0.05, 0.1) is 11.7 Å². The Labute approximate surface area is 139 Å². The lowest BCUT2D eigenvalue weighted by molar-refractivity contribution is 0.622. The van der Waals surface area contributed by atoms with E-state index in [1.54, 1.807) is 0 Å². The third-order valence-corrected chi connectivity index (χ3v) is 3.85. The molecule has 118 valence electrons. The quantitative estimate of drug-likeness (QED) is 0.584. The summed E-state index contributed by atoms with van der Waals surface area (Å²) in [6.07, 6.45) is 3.99. The summed E-state index contributed by atoms with van der Waals surface area (Å²) in [4.78, 5) is 21.0. The van der Waals surface area contributed by atoms with Gasteiger partial charge >= 0.3 is 0 Å². The molecule has 10 heteroatoms. The van der Waals surface area contributed by atoms with E-state index in [0.717, 1.165) is 6.20 Å². The van der Waals surface area contributed by atoms with Gasteiger partial charge in [-0.15, -0.1) is 0 Å². The molecule has 0 radical (unpaired) electrons. The predicted octanol–water partition coefficient (Wildman–Crippen LogP) is 2.57. The van der Waals surface area contributed by atoms with Crippen LogP contribution in [0.1, 0.15) is 0 Å². The third-order valence-electron chi connectivity index (χ3n) is 3.02. The molecule has 4 aromatic heterocycles. The van der Waals surface area contributed by atoms with Crippen LogP contribution in [0.4, 0.5) is 16.0 Å². The van der Waals surface area contributed by atoms with Crippen molar-refractivity contribution in [2.75, 3.05) is 5.32 Å². The Hall–Kier alpha value is -3.14. The number of pyridine rings is 2. The van der Waals surface area contributed by atoms with E-state index in [2.05, 4.69) is 40.4 Å². The molecule has 2 N–H and O–H groups in total. The van der Waals surface area contributed by atoms with Gasteiger partial charge in [0.1, 0.15) is 34.8 Å². The van der Waals surface area contributed by atoms with Gasteiger partial charge in [0.25, 0.3) is 0 Å². The predicted molar refractivity (Wildman–Crippen MR) is 85.3 cm³/mol. The van der Waals surface area contributed by atoms with E-state index in [4.69, 9.17) is 0 Å². The van der Waals surface area contributed by atoms with E-state index in [9.17, 15) is 4.39 Å². The van der Waals surface area contributed by atoms with E-state index in [0.29, 0.717) is 32.9 Å². The summed E-state index contributed by atoms with van der Waals surface area (Å²) >= 11 is 1.34. The summed E-state index contributed by atoms with van der Waals surface area (Å²) in [6, 6.07) is 6.52. The lowest BCUT2D eigenvalue weighted by atomic mass is 10.3. The molecule has 0 bridgehead atoms. The molecule has 4 rings (SSSR count). The first-order chi connectivity index (χ1) is 11.8. The molecule has 0 amide bonds. The molecule has 0 saturated carbocycles. The van der Waals surface area contributed by atoms with Crippen molar-refractivity contribution in [2.45, 2.75) is 10.2 Å². The summed E-state index contributed by atoms with van der Waals surface area (Å²) in [7, 11) is 0. The zero-order valence-corrected chi connectivity index (χ0v) is 12.8. The standard InChI is InChI=1S/C14H9FN8S/c15-8-1-3-10(16-5-8)21-13-12-9(17-6-18-13)2-4-11(22-12)24-14-19-7-20-23-14/h1-7H,(H,19,20,23)(H,16,17,18,21). The Morgan fingerprint density at radius 1 is 1.00 bits per heavy atom. The minimum Gasteiger partial charge on any atom is -0.323 e. The van der Waals surface area contributed by atoms with E-state index < -0.39 is 5.82 Å². The van der Waals surface area contributed by atoms with E-state index >= 15 is 0 Å². The number of nitrogens with one attached hydrogen (secondary N) is 2. The van der Waals surface area contributed by atoms with Crippen LogP contribution in [-0.4, -0.2) is 35.1 Å². The highest BCUT2D eigenvalue weighted by molar-refractivity contribution is 7.99. The summed E-state index contributed by atoms with van der Waals surface area (Å²) in [6.45, 7) is 0. The molecular formula is C14H9FN8S. The van der Waals surface area contributed by atoms with Crippen molar-refractivity contribution in [3.63, 3.8) is 0 Å². The molecule has 0 atom stereocenters. The number of halogens is 1. The van der Waals surface area contributed by atoms with Gasteiger partial charge in [0, 0.05) is 0 Å². The number of nitrogens with zero attached hydrogens (tertiary/aromatic N) is 6.